The van der Waals surface area contributed by atoms with Crippen molar-refractivity contribution in [3.8, 4) is 22.8 Å². The Balaban J connectivity index is 1.52. The number of thiazole rings is 1. The van der Waals surface area contributed by atoms with Crippen molar-refractivity contribution >= 4 is 28.3 Å². The predicted octanol–water partition coefficient (Wildman–Crippen LogP) is 3.56. The van der Waals surface area contributed by atoms with Gasteiger partial charge < -0.3 is 19.7 Å². The summed E-state index contributed by atoms with van der Waals surface area (Å²) in [6.07, 6.45) is 1.21. The zero-order chi connectivity index (χ0) is 19.9. The van der Waals surface area contributed by atoms with Crippen molar-refractivity contribution in [2.24, 2.45) is 0 Å². The molecule has 0 fully saturated rings. The number of carbonyl (C=O) groups excluding carboxylic acids is 2. The lowest BCUT2D eigenvalue weighted by atomic mass is 10.1. The fourth-order valence-electron chi connectivity index (χ4n) is 2.98. The van der Waals surface area contributed by atoms with E-state index in [0.29, 0.717) is 56.4 Å². The summed E-state index contributed by atoms with van der Waals surface area (Å²) in [5.74, 6) is 1.40. The van der Waals surface area contributed by atoms with Crippen LogP contribution in [-0.4, -0.2) is 48.0 Å². The maximum absolute atomic E-state index is 12.1. The third-order valence-electron chi connectivity index (χ3n) is 4.50. The van der Waals surface area contributed by atoms with Crippen molar-refractivity contribution in [1.29, 1.82) is 0 Å². The van der Waals surface area contributed by atoms with Crippen LogP contribution in [-0.2, 0) is 9.59 Å². The maximum atomic E-state index is 12.1. The number of hydrogen-bond acceptors (Lipinski definition) is 6. The summed E-state index contributed by atoms with van der Waals surface area (Å²) in [6, 6.07) is 5.69. The van der Waals surface area contributed by atoms with E-state index in [-0.39, 0.29) is 11.8 Å². The highest BCUT2D eigenvalue weighted by atomic mass is 32.1. The summed E-state index contributed by atoms with van der Waals surface area (Å²) >= 11 is 1.37. The number of rotatable bonds is 8. The van der Waals surface area contributed by atoms with Gasteiger partial charge in [-0.05, 0) is 38.5 Å². The zero-order valence-electron chi connectivity index (χ0n) is 16.2. The third kappa shape index (κ3) is 5.01. The van der Waals surface area contributed by atoms with Crippen LogP contribution in [0.3, 0.4) is 0 Å². The summed E-state index contributed by atoms with van der Waals surface area (Å²) < 4.78 is 11.1. The van der Waals surface area contributed by atoms with Crippen molar-refractivity contribution in [3.05, 3.63) is 23.6 Å². The van der Waals surface area contributed by atoms with E-state index in [4.69, 9.17) is 9.47 Å². The van der Waals surface area contributed by atoms with E-state index in [9.17, 15) is 9.59 Å². The van der Waals surface area contributed by atoms with Gasteiger partial charge in [0.05, 0.1) is 5.69 Å². The molecule has 0 atom stereocenters. The Morgan fingerprint density at radius 1 is 1.14 bits per heavy atom. The number of nitrogens with zero attached hydrogens (tertiary/aromatic N) is 2. The number of amides is 2. The molecule has 7 nitrogen and oxygen atoms in total. The second kappa shape index (κ2) is 9.54. The Morgan fingerprint density at radius 3 is 2.64 bits per heavy atom. The Kier molecular flexibility index (Phi) is 6.86. The summed E-state index contributed by atoms with van der Waals surface area (Å²) in [7, 11) is 0. The summed E-state index contributed by atoms with van der Waals surface area (Å²) in [5, 5.41) is 5.25. The number of nitrogens with one attached hydrogen (secondary N) is 1. The van der Waals surface area contributed by atoms with Gasteiger partial charge in [0.25, 0.3) is 0 Å². The van der Waals surface area contributed by atoms with Crippen LogP contribution in [0.5, 0.6) is 11.5 Å². The molecule has 0 saturated carbocycles. The SMILES string of the molecule is CCN(CC)C(=O)CCCC(=O)Nc1nc(-c2ccc3c(c2)OCCO3)cs1. The molecule has 1 aliphatic heterocycles. The van der Waals surface area contributed by atoms with Gasteiger partial charge in [-0.25, -0.2) is 4.98 Å². The molecule has 0 spiro atoms. The average Bonchev–Trinajstić information content (AvgIpc) is 3.17. The lowest BCUT2D eigenvalue weighted by Crippen LogP contribution is -2.30. The smallest absolute Gasteiger partial charge is 0.226 e. The molecular weight excluding hydrogens is 378 g/mol. The Bertz CT molecular complexity index is 833. The first kappa shape index (κ1) is 20.1. The van der Waals surface area contributed by atoms with Crippen molar-refractivity contribution < 1.29 is 19.1 Å². The van der Waals surface area contributed by atoms with Gasteiger partial charge in [0.15, 0.2) is 16.6 Å². The molecule has 1 aromatic carbocycles. The van der Waals surface area contributed by atoms with Crippen molar-refractivity contribution in [2.75, 3.05) is 31.6 Å². The molecule has 2 aromatic rings. The first-order chi connectivity index (χ1) is 13.6. The number of anilines is 1. The van der Waals surface area contributed by atoms with Crippen LogP contribution in [0.2, 0.25) is 0 Å². The summed E-state index contributed by atoms with van der Waals surface area (Å²) in [5.41, 5.74) is 1.68. The quantitative estimate of drug-likeness (QED) is 0.729. The van der Waals surface area contributed by atoms with Crippen LogP contribution < -0.4 is 14.8 Å². The van der Waals surface area contributed by atoms with Gasteiger partial charge in [0.2, 0.25) is 11.8 Å². The fourth-order valence-corrected chi connectivity index (χ4v) is 3.72. The highest BCUT2D eigenvalue weighted by Gasteiger charge is 2.15. The molecule has 0 radical (unpaired) electrons. The summed E-state index contributed by atoms with van der Waals surface area (Å²) in [6.45, 7) is 6.39. The monoisotopic (exact) mass is 403 g/mol. The highest BCUT2D eigenvalue weighted by molar-refractivity contribution is 7.14. The largest absolute Gasteiger partial charge is 0.486 e. The van der Waals surface area contributed by atoms with Crippen LogP contribution >= 0.6 is 11.3 Å². The van der Waals surface area contributed by atoms with E-state index < -0.39 is 0 Å². The number of ether oxygens (including phenoxy) is 2. The van der Waals surface area contributed by atoms with Gasteiger partial charge in [0.1, 0.15) is 13.2 Å². The highest BCUT2D eigenvalue weighted by Crippen LogP contribution is 2.35. The lowest BCUT2D eigenvalue weighted by Gasteiger charge is -2.18. The Morgan fingerprint density at radius 2 is 1.89 bits per heavy atom. The molecule has 0 aliphatic carbocycles. The van der Waals surface area contributed by atoms with Crippen molar-refractivity contribution in [3.63, 3.8) is 0 Å². The topological polar surface area (TPSA) is 80.8 Å². The van der Waals surface area contributed by atoms with E-state index in [1.165, 1.54) is 11.3 Å². The molecule has 0 unspecified atom stereocenters. The molecule has 1 N–H and O–H groups in total. The van der Waals surface area contributed by atoms with Crippen LogP contribution in [0.1, 0.15) is 33.1 Å². The predicted molar refractivity (Wildman–Crippen MR) is 109 cm³/mol. The number of aromatic nitrogens is 1. The zero-order valence-corrected chi connectivity index (χ0v) is 17.0. The second-order valence-electron chi connectivity index (χ2n) is 6.36. The van der Waals surface area contributed by atoms with Gasteiger partial charge in [0, 0.05) is 36.9 Å². The van der Waals surface area contributed by atoms with Gasteiger partial charge >= 0.3 is 0 Å². The van der Waals surface area contributed by atoms with E-state index in [1.54, 1.807) is 4.90 Å². The molecule has 150 valence electrons. The molecule has 2 amide bonds. The van der Waals surface area contributed by atoms with Crippen LogP contribution in [0.4, 0.5) is 5.13 Å². The average molecular weight is 404 g/mol. The van der Waals surface area contributed by atoms with E-state index in [0.717, 1.165) is 17.0 Å². The maximum Gasteiger partial charge on any atom is 0.226 e. The first-order valence-corrected chi connectivity index (χ1v) is 10.4. The third-order valence-corrected chi connectivity index (χ3v) is 5.26. The minimum absolute atomic E-state index is 0.0907. The van der Waals surface area contributed by atoms with Crippen LogP contribution in [0, 0.1) is 0 Å². The molecule has 28 heavy (non-hydrogen) atoms. The number of hydrogen-bond donors (Lipinski definition) is 1. The normalized spacial score (nSPS) is 12.5. The van der Waals surface area contributed by atoms with Crippen LogP contribution in [0.15, 0.2) is 23.6 Å². The molecular formula is C20H25N3O4S. The molecule has 1 aromatic heterocycles. The number of fused-ring (bicyclic) bond motifs is 1. The van der Waals surface area contributed by atoms with Crippen molar-refractivity contribution in [1.82, 2.24) is 9.88 Å². The fraction of sp³-hybridized carbons (Fsp3) is 0.450. The van der Waals surface area contributed by atoms with Crippen LogP contribution in [0.25, 0.3) is 11.3 Å². The minimum Gasteiger partial charge on any atom is -0.486 e. The van der Waals surface area contributed by atoms with Gasteiger partial charge in [-0.1, -0.05) is 0 Å². The molecule has 0 bridgehead atoms. The van der Waals surface area contributed by atoms with Gasteiger partial charge in [-0.3, -0.25) is 9.59 Å². The van der Waals surface area contributed by atoms with Gasteiger partial charge in [-0.15, -0.1) is 11.3 Å². The second-order valence-corrected chi connectivity index (χ2v) is 7.22. The molecule has 8 heteroatoms. The lowest BCUT2D eigenvalue weighted by molar-refractivity contribution is -0.130. The molecule has 0 saturated heterocycles. The minimum atomic E-state index is -0.129. The number of benzene rings is 1. The number of carbonyl (C=O) groups is 2. The standard InChI is InChI=1S/C20H25N3O4S/c1-3-23(4-2)19(25)7-5-6-18(24)22-20-21-15(13-28-20)14-8-9-16-17(12-14)27-11-10-26-16/h8-9,12-13H,3-7,10-11H2,1-2H3,(H,21,22,24). The molecule has 3 rings (SSSR count). The Hall–Kier alpha value is -2.61. The Labute approximate surface area is 168 Å². The molecule has 1 aliphatic rings. The molecule has 2 heterocycles. The van der Waals surface area contributed by atoms with Gasteiger partial charge in [-0.2, -0.15) is 0 Å². The first-order valence-electron chi connectivity index (χ1n) is 9.53. The van der Waals surface area contributed by atoms with E-state index in [1.807, 2.05) is 37.4 Å². The van der Waals surface area contributed by atoms with Crippen molar-refractivity contribution in [2.45, 2.75) is 33.1 Å². The van der Waals surface area contributed by atoms with E-state index >= 15 is 0 Å². The summed E-state index contributed by atoms with van der Waals surface area (Å²) in [4.78, 5) is 30.4. The van der Waals surface area contributed by atoms with E-state index in [2.05, 4.69) is 10.3 Å².